The summed E-state index contributed by atoms with van der Waals surface area (Å²) >= 11 is 0. The zero-order valence-corrected chi connectivity index (χ0v) is 18.5. The number of carbonyl (C=O) groups is 1. The number of nitriles is 1. The molecule has 1 saturated heterocycles. The molecule has 2 N–H and O–H groups in total. The Morgan fingerprint density at radius 3 is 2.74 bits per heavy atom. The number of H-pyrrole nitrogens is 1. The van der Waals surface area contributed by atoms with Crippen molar-refractivity contribution in [3.8, 4) is 6.07 Å². The zero-order valence-electron chi connectivity index (χ0n) is 18.5. The number of aromatic nitrogens is 4. The molecule has 9 nitrogen and oxygen atoms in total. The van der Waals surface area contributed by atoms with Gasteiger partial charge in [-0.05, 0) is 30.2 Å². The molecular formula is C25H20FN7O2. The number of rotatable bonds is 5. The van der Waals surface area contributed by atoms with E-state index >= 15 is 0 Å². The van der Waals surface area contributed by atoms with Crippen LogP contribution in [-0.2, 0) is 6.42 Å². The van der Waals surface area contributed by atoms with Gasteiger partial charge in [-0.25, -0.2) is 19.5 Å². The molecule has 1 fully saturated rings. The van der Waals surface area contributed by atoms with Gasteiger partial charge in [0.15, 0.2) is 0 Å². The van der Waals surface area contributed by atoms with Crippen LogP contribution >= 0.6 is 0 Å². The van der Waals surface area contributed by atoms with Crippen LogP contribution in [0.1, 0.15) is 33.6 Å². The van der Waals surface area contributed by atoms with Gasteiger partial charge in [-0.1, -0.05) is 24.3 Å². The van der Waals surface area contributed by atoms with Crippen molar-refractivity contribution in [2.75, 3.05) is 18.4 Å². The third-order valence-electron chi connectivity index (χ3n) is 6.00. The Kier molecular flexibility index (Phi) is 5.89. The number of nitrogens with one attached hydrogen (secondary N) is 2. The first-order chi connectivity index (χ1) is 17.0. The molecule has 0 spiro atoms. The monoisotopic (exact) mass is 469 g/mol. The molecule has 1 atom stereocenters. The van der Waals surface area contributed by atoms with Gasteiger partial charge in [-0.3, -0.25) is 9.59 Å². The average molecular weight is 469 g/mol. The fourth-order valence-corrected chi connectivity index (χ4v) is 4.22. The molecule has 174 valence electrons. The lowest BCUT2D eigenvalue weighted by molar-refractivity contribution is 0.0787. The normalized spacial score (nSPS) is 15.2. The number of benzene rings is 2. The van der Waals surface area contributed by atoms with E-state index in [9.17, 15) is 14.0 Å². The number of hydrogen-bond acceptors (Lipinski definition) is 7. The van der Waals surface area contributed by atoms with Crippen LogP contribution < -0.4 is 10.9 Å². The molecule has 4 aromatic rings. The van der Waals surface area contributed by atoms with Gasteiger partial charge in [0.1, 0.15) is 11.9 Å². The van der Waals surface area contributed by atoms with E-state index in [4.69, 9.17) is 5.26 Å². The highest BCUT2D eigenvalue weighted by molar-refractivity contribution is 5.95. The standard InChI is InChI=1S/C25H20FN7O2/c26-21-6-5-15(10-22-18-3-1-2-4-19(18)23(34)32-31-22)9-20(21)24(35)33-8-7-17(14-33)30-25-28-12-16(11-27)13-29-25/h1-6,9,12-13,17H,7-8,10,14H2,(H,32,34)(H,28,29,30). The van der Waals surface area contributed by atoms with Crippen molar-refractivity contribution in [3.05, 3.63) is 93.4 Å². The molecule has 35 heavy (non-hydrogen) atoms. The second kappa shape index (κ2) is 9.30. The molecule has 1 aliphatic rings. The lowest BCUT2D eigenvalue weighted by Crippen LogP contribution is -2.32. The Hall–Kier alpha value is -4.65. The molecule has 1 amide bonds. The van der Waals surface area contributed by atoms with Crippen LogP contribution in [0.3, 0.4) is 0 Å². The molecule has 2 aromatic heterocycles. The largest absolute Gasteiger partial charge is 0.350 e. The van der Waals surface area contributed by atoms with Crippen molar-refractivity contribution in [1.82, 2.24) is 25.1 Å². The molecular weight excluding hydrogens is 449 g/mol. The fourth-order valence-electron chi connectivity index (χ4n) is 4.22. The molecule has 3 heterocycles. The fraction of sp³-hybridized carbons (Fsp3) is 0.200. The summed E-state index contributed by atoms with van der Waals surface area (Å²) in [6.45, 7) is 0.834. The molecule has 0 radical (unpaired) electrons. The van der Waals surface area contributed by atoms with E-state index in [1.165, 1.54) is 18.5 Å². The SMILES string of the molecule is N#Cc1cnc(NC2CCN(C(=O)c3cc(Cc4n[nH]c(=O)c5ccccc45)ccc3F)C2)nc1. The maximum atomic E-state index is 14.7. The third kappa shape index (κ3) is 4.56. The van der Waals surface area contributed by atoms with Crippen LogP contribution in [0.4, 0.5) is 10.3 Å². The van der Waals surface area contributed by atoms with Crippen molar-refractivity contribution in [2.24, 2.45) is 0 Å². The smallest absolute Gasteiger partial charge is 0.272 e. The minimum atomic E-state index is -0.593. The van der Waals surface area contributed by atoms with Gasteiger partial charge >= 0.3 is 0 Å². The predicted octanol–water partition coefficient (Wildman–Crippen LogP) is 2.64. The number of aromatic amines is 1. The van der Waals surface area contributed by atoms with Crippen LogP contribution in [0.5, 0.6) is 0 Å². The number of hydrogen-bond donors (Lipinski definition) is 2. The van der Waals surface area contributed by atoms with Crippen LogP contribution in [-0.4, -0.2) is 50.1 Å². The Balaban J connectivity index is 1.32. The summed E-state index contributed by atoms with van der Waals surface area (Å²) in [5.41, 5.74) is 1.42. The maximum Gasteiger partial charge on any atom is 0.272 e. The number of amides is 1. The molecule has 0 aliphatic carbocycles. The Bertz CT molecular complexity index is 1510. The van der Waals surface area contributed by atoms with Gasteiger partial charge in [-0.15, -0.1) is 0 Å². The summed E-state index contributed by atoms with van der Waals surface area (Å²) in [5, 5.41) is 19.9. The number of carbonyl (C=O) groups excluding carboxylic acids is 1. The highest BCUT2D eigenvalue weighted by atomic mass is 19.1. The number of nitrogens with zero attached hydrogens (tertiary/aromatic N) is 5. The summed E-state index contributed by atoms with van der Waals surface area (Å²) in [4.78, 5) is 35.0. The van der Waals surface area contributed by atoms with E-state index in [-0.39, 0.29) is 17.2 Å². The summed E-state index contributed by atoms with van der Waals surface area (Å²) in [6.07, 6.45) is 3.84. The Morgan fingerprint density at radius 2 is 1.97 bits per heavy atom. The Labute approximate surface area is 199 Å². The van der Waals surface area contributed by atoms with Crippen molar-refractivity contribution in [2.45, 2.75) is 18.9 Å². The van der Waals surface area contributed by atoms with E-state index in [0.29, 0.717) is 59.5 Å². The molecule has 5 rings (SSSR count). The van der Waals surface area contributed by atoms with E-state index in [0.717, 1.165) is 0 Å². The van der Waals surface area contributed by atoms with Crippen LogP contribution in [0.15, 0.2) is 59.7 Å². The van der Waals surface area contributed by atoms with Gasteiger partial charge in [0.05, 0.1) is 34.6 Å². The van der Waals surface area contributed by atoms with Crippen molar-refractivity contribution >= 4 is 22.6 Å². The molecule has 10 heteroatoms. The van der Waals surface area contributed by atoms with E-state index < -0.39 is 11.7 Å². The topological polar surface area (TPSA) is 128 Å². The zero-order chi connectivity index (χ0) is 24.4. The molecule has 2 aromatic carbocycles. The first-order valence-corrected chi connectivity index (χ1v) is 11.0. The van der Waals surface area contributed by atoms with Gasteiger partial charge in [0, 0.05) is 30.9 Å². The summed E-state index contributed by atoms with van der Waals surface area (Å²) < 4.78 is 14.7. The van der Waals surface area contributed by atoms with E-state index in [1.807, 2.05) is 18.2 Å². The number of fused-ring (bicyclic) bond motifs is 1. The summed E-state index contributed by atoms with van der Waals surface area (Å²) in [5.74, 6) is -0.615. The van der Waals surface area contributed by atoms with Gasteiger partial charge in [-0.2, -0.15) is 10.4 Å². The number of halogens is 1. The van der Waals surface area contributed by atoms with Crippen LogP contribution in [0, 0.1) is 17.1 Å². The molecule has 1 aliphatic heterocycles. The highest BCUT2D eigenvalue weighted by Crippen LogP contribution is 2.22. The summed E-state index contributed by atoms with van der Waals surface area (Å²) in [6, 6.07) is 13.5. The second-order valence-electron chi connectivity index (χ2n) is 8.32. The van der Waals surface area contributed by atoms with Gasteiger partial charge < -0.3 is 10.2 Å². The summed E-state index contributed by atoms with van der Waals surface area (Å²) in [7, 11) is 0. The number of anilines is 1. The van der Waals surface area contributed by atoms with Crippen molar-refractivity contribution in [1.29, 1.82) is 5.26 Å². The Morgan fingerprint density at radius 1 is 1.20 bits per heavy atom. The second-order valence-corrected chi connectivity index (χ2v) is 8.32. The minimum Gasteiger partial charge on any atom is -0.350 e. The third-order valence-corrected chi connectivity index (χ3v) is 6.00. The van der Waals surface area contributed by atoms with E-state index in [2.05, 4.69) is 25.5 Å². The van der Waals surface area contributed by atoms with Crippen LogP contribution in [0.25, 0.3) is 10.8 Å². The first kappa shape index (κ1) is 22.2. The maximum absolute atomic E-state index is 14.7. The van der Waals surface area contributed by atoms with Gasteiger partial charge in [0.2, 0.25) is 5.95 Å². The molecule has 1 unspecified atom stereocenters. The predicted molar refractivity (Wildman–Crippen MR) is 126 cm³/mol. The lowest BCUT2D eigenvalue weighted by atomic mass is 10.0. The number of likely N-dealkylation sites (tertiary alicyclic amines) is 1. The molecule has 0 bridgehead atoms. The van der Waals surface area contributed by atoms with Crippen molar-refractivity contribution in [3.63, 3.8) is 0 Å². The van der Waals surface area contributed by atoms with Gasteiger partial charge in [0.25, 0.3) is 11.5 Å². The quantitative estimate of drug-likeness (QED) is 0.460. The van der Waals surface area contributed by atoms with E-state index in [1.54, 1.807) is 29.2 Å². The van der Waals surface area contributed by atoms with Crippen molar-refractivity contribution < 1.29 is 9.18 Å². The minimum absolute atomic E-state index is 0.00787. The highest BCUT2D eigenvalue weighted by Gasteiger charge is 2.29. The van der Waals surface area contributed by atoms with Crippen LogP contribution in [0.2, 0.25) is 0 Å². The lowest BCUT2D eigenvalue weighted by Gasteiger charge is -2.18. The molecule has 0 saturated carbocycles. The average Bonchev–Trinajstić information content (AvgIpc) is 3.35. The first-order valence-electron chi connectivity index (χ1n) is 11.0.